The third-order valence-electron chi connectivity index (χ3n) is 10.5. The van der Waals surface area contributed by atoms with E-state index in [1.807, 2.05) is 0 Å². The molecule has 4 aromatic rings. The molecule has 49 heavy (non-hydrogen) atoms. The van der Waals surface area contributed by atoms with Crippen molar-refractivity contribution in [1.29, 1.82) is 0 Å². The van der Waals surface area contributed by atoms with Crippen molar-refractivity contribution >= 4 is 0 Å². The highest BCUT2D eigenvalue weighted by atomic mass is 16.5. The summed E-state index contributed by atoms with van der Waals surface area (Å²) in [5.74, 6) is 5.20. The molecule has 2 heteroatoms. The summed E-state index contributed by atoms with van der Waals surface area (Å²) in [7, 11) is 0. The van der Waals surface area contributed by atoms with Crippen LogP contribution in [0.3, 0.4) is 0 Å². The Kier molecular flexibility index (Phi) is 15.8. The van der Waals surface area contributed by atoms with Crippen LogP contribution in [0.25, 0.3) is 0 Å². The van der Waals surface area contributed by atoms with E-state index in [4.69, 9.17) is 9.47 Å². The van der Waals surface area contributed by atoms with Crippen LogP contribution in [0, 0.1) is 11.8 Å². The molecule has 0 spiro atoms. The zero-order chi connectivity index (χ0) is 34.9. The van der Waals surface area contributed by atoms with Gasteiger partial charge in [0.05, 0.1) is 0 Å². The highest BCUT2D eigenvalue weighted by Crippen LogP contribution is 2.36. The Bertz CT molecular complexity index is 1370. The molecular weight excluding hydrogens is 597 g/mol. The summed E-state index contributed by atoms with van der Waals surface area (Å²) < 4.78 is 12.9. The fourth-order valence-electron chi connectivity index (χ4n) is 6.85. The lowest BCUT2D eigenvalue weighted by atomic mass is 9.78. The predicted octanol–water partition coefficient (Wildman–Crippen LogP) is 14.7. The number of hydrogen-bond acceptors (Lipinski definition) is 2. The molecule has 0 fully saturated rings. The summed E-state index contributed by atoms with van der Waals surface area (Å²) in [6.45, 7) is 13.9. The lowest BCUT2D eigenvalue weighted by molar-refractivity contribution is 0.447. The topological polar surface area (TPSA) is 18.5 Å². The van der Waals surface area contributed by atoms with Gasteiger partial charge in [-0.25, -0.2) is 0 Å². The van der Waals surface area contributed by atoms with E-state index in [0.29, 0.717) is 0 Å². The lowest BCUT2D eigenvalue weighted by Crippen LogP contribution is -2.18. The minimum atomic E-state index is -0.159. The molecule has 0 aromatic heterocycles. The van der Waals surface area contributed by atoms with Crippen molar-refractivity contribution in [2.75, 3.05) is 0 Å². The largest absolute Gasteiger partial charge is 0.457 e. The van der Waals surface area contributed by atoms with Gasteiger partial charge in [-0.2, -0.15) is 0 Å². The molecule has 0 aliphatic carbocycles. The number of para-hydroxylation sites is 2. The molecule has 2 nitrogen and oxygen atoms in total. The first-order chi connectivity index (χ1) is 23.8. The quantitative estimate of drug-likeness (QED) is 0.0781. The van der Waals surface area contributed by atoms with Gasteiger partial charge in [-0.15, -0.1) is 0 Å². The van der Waals surface area contributed by atoms with Crippen LogP contribution in [0.15, 0.2) is 97.1 Å². The van der Waals surface area contributed by atoms with Crippen LogP contribution in [-0.4, -0.2) is 0 Å². The van der Waals surface area contributed by atoms with Crippen LogP contribution in [0.4, 0.5) is 0 Å². The van der Waals surface area contributed by atoms with Gasteiger partial charge >= 0.3 is 0 Å². The van der Waals surface area contributed by atoms with Gasteiger partial charge in [0.15, 0.2) is 0 Å². The Morgan fingerprint density at radius 2 is 0.857 bits per heavy atom. The fraction of sp³-hybridized carbons (Fsp3) is 0.489. The van der Waals surface area contributed by atoms with Crippen molar-refractivity contribution in [3.05, 3.63) is 119 Å². The van der Waals surface area contributed by atoms with Gasteiger partial charge in [0.2, 0.25) is 0 Å². The first kappa shape index (κ1) is 38.3. The van der Waals surface area contributed by atoms with Crippen LogP contribution >= 0.6 is 0 Å². The van der Waals surface area contributed by atoms with Crippen LogP contribution in [0.5, 0.6) is 23.0 Å². The number of hydrogen-bond donors (Lipinski definition) is 0. The van der Waals surface area contributed by atoms with Crippen molar-refractivity contribution in [3.8, 4) is 23.0 Å². The van der Waals surface area contributed by atoms with Crippen LogP contribution < -0.4 is 9.47 Å². The number of rotatable bonds is 22. The normalized spacial score (nSPS) is 12.9. The van der Waals surface area contributed by atoms with Gasteiger partial charge in [-0.1, -0.05) is 166 Å². The minimum absolute atomic E-state index is 0.159. The highest BCUT2D eigenvalue weighted by Gasteiger charge is 2.23. The van der Waals surface area contributed by atoms with Gasteiger partial charge in [0.1, 0.15) is 23.0 Å². The fourth-order valence-corrected chi connectivity index (χ4v) is 6.85. The molecule has 0 aliphatic heterocycles. The summed E-state index contributed by atoms with van der Waals surface area (Å²) >= 11 is 0. The van der Waals surface area contributed by atoms with Gasteiger partial charge in [-0.05, 0) is 96.2 Å². The molecule has 0 radical (unpaired) electrons. The first-order valence-corrected chi connectivity index (χ1v) is 19.5. The molecule has 0 heterocycles. The maximum atomic E-state index is 6.45. The summed E-state index contributed by atoms with van der Waals surface area (Å²) in [6, 6.07) is 34.4. The van der Waals surface area contributed by atoms with E-state index in [1.54, 1.807) is 0 Å². The molecule has 0 aliphatic rings. The van der Waals surface area contributed by atoms with E-state index in [1.165, 1.54) is 99.3 Å². The molecule has 0 amide bonds. The molecule has 264 valence electrons. The molecule has 0 saturated heterocycles. The van der Waals surface area contributed by atoms with E-state index in [9.17, 15) is 0 Å². The smallest absolute Gasteiger partial charge is 0.130 e. The maximum absolute atomic E-state index is 6.45. The zero-order valence-corrected chi connectivity index (χ0v) is 31.6. The van der Waals surface area contributed by atoms with Crippen molar-refractivity contribution in [3.63, 3.8) is 0 Å². The average Bonchev–Trinajstić information content (AvgIpc) is 3.12. The van der Waals surface area contributed by atoms with Crippen LogP contribution in [0.2, 0.25) is 0 Å². The SMILES string of the molecule is CCCCCCC(C)CCc1ccccc1Oc1ccc(C(C)(C)c2ccc(Oc3ccccc3CCC(C)CCCCCC)cc2)cc1. The Morgan fingerprint density at radius 3 is 1.24 bits per heavy atom. The Morgan fingerprint density at radius 1 is 0.469 bits per heavy atom. The highest BCUT2D eigenvalue weighted by molar-refractivity contribution is 5.45. The molecular formula is C47H64O2. The van der Waals surface area contributed by atoms with Crippen LogP contribution in [0.1, 0.15) is 141 Å². The van der Waals surface area contributed by atoms with Crippen molar-refractivity contribution in [1.82, 2.24) is 0 Å². The number of ether oxygens (including phenoxy) is 2. The zero-order valence-electron chi connectivity index (χ0n) is 31.6. The Balaban J connectivity index is 1.33. The maximum Gasteiger partial charge on any atom is 0.130 e. The van der Waals surface area contributed by atoms with E-state index < -0.39 is 0 Å². The molecule has 0 N–H and O–H groups in total. The summed E-state index contributed by atoms with van der Waals surface area (Å²) in [6.07, 6.45) is 17.9. The molecule has 0 bridgehead atoms. The number of unbranched alkanes of at least 4 members (excludes halogenated alkanes) is 6. The summed E-state index contributed by atoms with van der Waals surface area (Å²) in [5, 5.41) is 0. The number of benzene rings is 4. The third-order valence-corrected chi connectivity index (χ3v) is 10.5. The van der Waals surface area contributed by atoms with E-state index in [2.05, 4.69) is 139 Å². The summed E-state index contributed by atoms with van der Waals surface area (Å²) in [5.41, 5.74) is 4.95. The van der Waals surface area contributed by atoms with Crippen LogP contribution in [-0.2, 0) is 18.3 Å². The molecule has 2 atom stereocenters. The van der Waals surface area contributed by atoms with Gasteiger partial charge in [0.25, 0.3) is 0 Å². The third kappa shape index (κ3) is 12.4. The lowest BCUT2D eigenvalue weighted by Gasteiger charge is -2.26. The van der Waals surface area contributed by atoms with Crippen molar-refractivity contribution in [2.45, 2.75) is 137 Å². The minimum Gasteiger partial charge on any atom is -0.457 e. The van der Waals surface area contributed by atoms with E-state index in [-0.39, 0.29) is 5.41 Å². The second-order valence-corrected chi connectivity index (χ2v) is 15.1. The van der Waals surface area contributed by atoms with E-state index in [0.717, 1.165) is 47.7 Å². The Labute approximate surface area is 299 Å². The molecule has 2 unspecified atom stereocenters. The molecule has 4 aromatic carbocycles. The van der Waals surface area contributed by atoms with Gasteiger partial charge in [0, 0.05) is 5.41 Å². The Hall–Kier alpha value is -3.52. The summed E-state index contributed by atoms with van der Waals surface area (Å²) in [4.78, 5) is 0. The van der Waals surface area contributed by atoms with Gasteiger partial charge in [-0.3, -0.25) is 0 Å². The van der Waals surface area contributed by atoms with Crippen molar-refractivity contribution in [2.24, 2.45) is 11.8 Å². The molecule has 4 rings (SSSR count). The van der Waals surface area contributed by atoms with E-state index >= 15 is 0 Å². The van der Waals surface area contributed by atoms with Crippen molar-refractivity contribution < 1.29 is 9.47 Å². The average molecular weight is 661 g/mol. The second-order valence-electron chi connectivity index (χ2n) is 15.1. The second kappa shape index (κ2) is 20.2. The first-order valence-electron chi connectivity index (χ1n) is 19.5. The monoisotopic (exact) mass is 660 g/mol. The van der Waals surface area contributed by atoms with Gasteiger partial charge < -0.3 is 9.47 Å². The molecule has 0 saturated carbocycles. The predicted molar refractivity (Wildman–Crippen MR) is 211 cm³/mol. The number of aryl methyl sites for hydroxylation is 2. The standard InChI is InChI=1S/C47H64O2/c1-7-9-11-13-19-37(3)25-27-39-21-15-17-23-45(39)48-43-33-29-41(30-34-43)47(5,6)42-31-35-44(36-32-42)49-46-24-18-16-22-40(46)28-26-38(4)20-14-12-10-8-2/h15-18,21-24,29-38H,7-14,19-20,25-28H2,1-6H3.